The number of amides is 2. The van der Waals surface area contributed by atoms with Crippen LogP contribution in [0, 0.1) is 0 Å². The number of carbonyl (C=O) groups excluding carboxylic acids is 2. The third-order valence-corrected chi connectivity index (χ3v) is 3.07. The summed E-state index contributed by atoms with van der Waals surface area (Å²) in [5.74, 6) is -0.146. The van der Waals surface area contributed by atoms with Crippen molar-refractivity contribution in [2.24, 2.45) is 0 Å². The van der Waals surface area contributed by atoms with Crippen molar-refractivity contribution < 1.29 is 14.3 Å². The Morgan fingerprint density at radius 2 is 1.83 bits per heavy atom. The molecule has 2 N–H and O–H groups in total. The molecule has 1 aromatic heterocycles. The molecule has 0 aliphatic heterocycles. The van der Waals surface area contributed by atoms with Crippen LogP contribution in [0.3, 0.4) is 0 Å². The molecule has 1 aromatic carbocycles. The first-order valence-corrected chi connectivity index (χ1v) is 7.33. The van der Waals surface area contributed by atoms with Crippen molar-refractivity contribution in [1.29, 1.82) is 0 Å². The van der Waals surface area contributed by atoms with E-state index < -0.39 is 0 Å². The maximum absolute atomic E-state index is 11.6. The fraction of sp³-hybridized carbons (Fsp3) is 0.188. The van der Waals surface area contributed by atoms with Gasteiger partial charge in [-0.2, -0.15) is 0 Å². The van der Waals surface area contributed by atoms with Crippen LogP contribution in [0.5, 0.6) is 5.75 Å². The molecule has 0 fully saturated rings. The molecule has 0 atom stereocenters. The van der Waals surface area contributed by atoms with E-state index >= 15 is 0 Å². The zero-order chi connectivity index (χ0) is 16.5. The number of nitrogens with zero attached hydrogens (tertiary/aromatic N) is 1. The Morgan fingerprint density at radius 3 is 2.52 bits per heavy atom. The molecule has 0 saturated heterocycles. The fourth-order valence-electron chi connectivity index (χ4n) is 1.66. The Hall–Kier alpha value is -2.60. The van der Waals surface area contributed by atoms with Crippen LogP contribution in [-0.2, 0) is 16.1 Å². The number of ether oxygens (including phenoxy) is 1. The first-order chi connectivity index (χ1) is 11.1. The molecule has 23 heavy (non-hydrogen) atoms. The first kappa shape index (κ1) is 16.8. The van der Waals surface area contributed by atoms with Crippen LogP contribution in [0.1, 0.15) is 5.69 Å². The van der Waals surface area contributed by atoms with E-state index in [9.17, 15) is 9.59 Å². The smallest absolute Gasteiger partial charge is 0.258 e. The summed E-state index contributed by atoms with van der Waals surface area (Å²) in [6.07, 6.45) is 1.65. The van der Waals surface area contributed by atoms with Crippen LogP contribution in [0.15, 0.2) is 48.7 Å². The number of rotatable bonds is 7. The zero-order valence-corrected chi connectivity index (χ0v) is 13.0. The maximum Gasteiger partial charge on any atom is 0.258 e. The number of hydrogen-bond donors (Lipinski definition) is 2. The third kappa shape index (κ3) is 6.36. The molecule has 0 radical (unpaired) electrons. The average Bonchev–Trinajstić information content (AvgIpc) is 2.58. The van der Waals surface area contributed by atoms with E-state index in [1.54, 1.807) is 42.6 Å². The van der Waals surface area contributed by atoms with Crippen LogP contribution in [0.4, 0.5) is 0 Å². The molecule has 2 amide bonds. The average molecular weight is 334 g/mol. The number of carbonyl (C=O) groups is 2. The number of aromatic nitrogens is 1. The lowest BCUT2D eigenvalue weighted by Gasteiger charge is -2.08. The van der Waals surface area contributed by atoms with Crippen molar-refractivity contribution in [3.05, 3.63) is 59.4 Å². The predicted molar refractivity (Wildman–Crippen MR) is 86.0 cm³/mol. The van der Waals surface area contributed by atoms with Gasteiger partial charge in [0.25, 0.3) is 5.91 Å². The van der Waals surface area contributed by atoms with Crippen molar-refractivity contribution in [3.8, 4) is 5.75 Å². The van der Waals surface area contributed by atoms with Gasteiger partial charge < -0.3 is 15.4 Å². The molecule has 0 bridgehead atoms. The molecule has 0 saturated carbocycles. The summed E-state index contributed by atoms with van der Waals surface area (Å²) in [6.45, 7) is 0.0294. The molecule has 2 rings (SSSR count). The molecule has 0 aliphatic rings. The second-order valence-electron chi connectivity index (χ2n) is 4.62. The highest BCUT2D eigenvalue weighted by Gasteiger charge is 2.06. The van der Waals surface area contributed by atoms with Crippen LogP contribution < -0.4 is 15.4 Å². The third-order valence-electron chi connectivity index (χ3n) is 2.82. The van der Waals surface area contributed by atoms with Gasteiger partial charge in [-0.3, -0.25) is 14.6 Å². The lowest BCUT2D eigenvalue weighted by Crippen LogP contribution is -2.38. The minimum atomic E-state index is -0.382. The van der Waals surface area contributed by atoms with Gasteiger partial charge in [-0.05, 0) is 36.4 Å². The molecule has 0 unspecified atom stereocenters. The van der Waals surface area contributed by atoms with Gasteiger partial charge >= 0.3 is 0 Å². The number of pyridine rings is 1. The largest absolute Gasteiger partial charge is 0.484 e. The Morgan fingerprint density at radius 1 is 1.04 bits per heavy atom. The van der Waals surface area contributed by atoms with E-state index in [1.807, 2.05) is 6.07 Å². The summed E-state index contributed by atoms with van der Waals surface area (Å²) in [4.78, 5) is 27.3. The summed E-state index contributed by atoms with van der Waals surface area (Å²) in [5, 5.41) is 5.73. The topological polar surface area (TPSA) is 80.3 Å². The minimum absolute atomic E-state index is 0.115. The van der Waals surface area contributed by atoms with Crippen molar-refractivity contribution >= 4 is 23.4 Å². The molecule has 120 valence electrons. The lowest BCUT2D eigenvalue weighted by atomic mass is 10.3. The number of nitrogens with one attached hydrogen (secondary N) is 2. The Labute approximate surface area is 138 Å². The summed E-state index contributed by atoms with van der Waals surface area (Å²) >= 11 is 5.75. The van der Waals surface area contributed by atoms with Gasteiger partial charge in [0, 0.05) is 11.2 Å². The molecule has 2 aromatic rings. The number of benzene rings is 1. The SMILES string of the molecule is O=C(CNC(=O)COc1ccc(Cl)cc1)NCc1ccccn1. The van der Waals surface area contributed by atoms with E-state index in [4.69, 9.17) is 16.3 Å². The molecule has 6 nitrogen and oxygen atoms in total. The first-order valence-electron chi connectivity index (χ1n) is 6.95. The minimum Gasteiger partial charge on any atom is -0.484 e. The van der Waals surface area contributed by atoms with Gasteiger partial charge in [-0.25, -0.2) is 0 Å². The quantitative estimate of drug-likeness (QED) is 0.805. The van der Waals surface area contributed by atoms with E-state index in [1.165, 1.54) is 0 Å². The molecule has 0 spiro atoms. The van der Waals surface area contributed by atoms with Crippen molar-refractivity contribution in [2.75, 3.05) is 13.2 Å². The monoisotopic (exact) mass is 333 g/mol. The van der Waals surface area contributed by atoms with Gasteiger partial charge in [0.1, 0.15) is 5.75 Å². The van der Waals surface area contributed by atoms with Crippen LogP contribution in [0.2, 0.25) is 5.02 Å². The summed E-state index contributed by atoms with van der Waals surface area (Å²) < 4.78 is 5.27. The molecular formula is C16H16ClN3O3. The van der Waals surface area contributed by atoms with Crippen LogP contribution in [0.25, 0.3) is 0 Å². The zero-order valence-electron chi connectivity index (χ0n) is 12.3. The highest BCUT2D eigenvalue weighted by molar-refractivity contribution is 6.30. The van der Waals surface area contributed by atoms with Crippen LogP contribution in [-0.4, -0.2) is 29.9 Å². The van der Waals surface area contributed by atoms with Crippen molar-refractivity contribution in [1.82, 2.24) is 15.6 Å². The normalized spacial score (nSPS) is 9.96. The van der Waals surface area contributed by atoms with Crippen LogP contribution >= 0.6 is 11.6 Å². The standard InChI is InChI=1S/C16H16ClN3O3/c17-12-4-6-14(7-5-12)23-11-16(22)20-10-15(21)19-9-13-3-1-2-8-18-13/h1-8H,9-11H2,(H,19,21)(H,20,22). The van der Waals surface area contributed by atoms with E-state index in [2.05, 4.69) is 15.6 Å². The van der Waals surface area contributed by atoms with E-state index in [0.717, 1.165) is 5.69 Å². The molecule has 0 aliphatic carbocycles. The van der Waals surface area contributed by atoms with E-state index in [0.29, 0.717) is 17.3 Å². The van der Waals surface area contributed by atoms with Crippen molar-refractivity contribution in [3.63, 3.8) is 0 Å². The van der Waals surface area contributed by atoms with Crippen molar-refractivity contribution in [2.45, 2.75) is 6.54 Å². The lowest BCUT2D eigenvalue weighted by molar-refractivity contribution is -0.127. The highest BCUT2D eigenvalue weighted by Crippen LogP contribution is 2.15. The predicted octanol–water partition coefficient (Wildman–Crippen LogP) is 1.55. The Bertz CT molecular complexity index is 647. The number of hydrogen-bond acceptors (Lipinski definition) is 4. The van der Waals surface area contributed by atoms with Gasteiger partial charge in [-0.1, -0.05) is 17.7 Å². The van der Waals surface area contributed by atoms with Gasteiger partial charge in [0.05, 0.1) is 18.8 Å². The number of halogens is 1. The molecule has 7 heteroatoms. The second-order valence-corrected chi connectivity index (χ2v) is 5.05. The second kappa shape index (κ2) is 8.75. The van der Waals surface area contributed by atoms with Gasteiger partial charge in [0.15, 0.2) is 6.61 Å². The summed E-state index contributed by atoms with van der Waals surface area (Å²) in [5.41, 5.74) is 0.748. The maximum atomic E-state index is 11.6. The fourth-order valence-corrected chi connectivity index (χ4v) is 1.79. The summed E-state index contributed by atoms with van der Waals surface area (Å²) in [6, 6.07) is 12.1. The summed E-state index contributed by atoms with van der Waals surface area (Å²) in [7, 11) is 0. The highest BCUT2D eigenvalue weighted by atomic mass is 35.5. The van der Waals surface area contributed by atoms with Gasteiger partial charge in [0.2, 0.25) is 5.91 Å². The van der Waals surface area contributed by atoms with Gasteiger partial charge in [-0.15, -0.1) is 0 Å². The molecular weight excluding hydrogens is 318 g/mol. The van der Waals surface area contributed by atoms with E-state index in [-0.39, 0.29) is 25.0 Å². The Balaban J connectivity index is 1.63. The Kier molecular flexibility index (Phi) is 6.38. The molecule has 1 heterocycles.